The van der Waals surface area contributed by atoms with E-state index in [9.17, 15) is 18.3 Å². The summed E-state index contributed by atoms with van der Waals surface area (Å²) in [6.07, 6.45) is -4.52. The lowest BCUT2D eigenvalue weighted by atomic mass is 10.0. The van der Waals surface area contributed by atoms with Crippen molar-refractivity contribution in [3.8, 4) is 17.0 Å². The zero-order valence-electron chi connectivity index (χ0n) is 12.4. The van der Waals surface area contributed by atoms with Crippen molar-refractivity contribution >= 4 is 0 Å². The van der Waals surface area contributed by atoms with Gasteiger partial charge in [-0.2, -0.15) is 13.2 Å². The van der Waals surface area contributed by atoms with E-state index in [2.05, 4.69) is 10.3 Å². The highest BCUT2D eigenvalue weighted by atomic mass is 19.4. The Kier molecular flexibility index (Phi) is 4.03. The van der Waals surface area contributed by atoms with E-state index in [1.165, 1.54) is 11.7 Å². The van der Waals surface area contributed by atoms with Crippen molar-refractivity contribution in [3.05, 3.63) is 35.3 Å². The van der Waals surface area contributed by atoms with Crippen molar-refractivity contribution < 1.29 is 23.0 Å². The molecule has 0 saturated carbocycles. The van der Waals surface area contributed by atoms with Crippen molar-refractivity contribution in [2.75, 3.05) is 13.7 Å². The van der Waals surface area contributed by atoms with Gasteiger partial charge in [0.1, 0.15) is 5.75 Å². The fraction of sp³-hybridized carbons (Fsp3) is 0.400. The number of aliphatic hydroxyl groups excluding tert-OH is 1. The summed E-state index contributed by atoms with van der Waals surface area (Å²) < 4.78 is 46.0. The van der Waals surface area contributed by atoms with Gasteiger partial charge in [0.05, 0.1) is 25.1 Å². The quantitative estimate of drug-likeness (QED) is 0.907. The average Bonchev–Trinajstić information content (AvgIpc) is 2.94. The Morgan fingerprint density at radius 3 is 2.83 bits per heavy atom. The maximum Gasteiger partial charge on any atom is 0.449 e. The highest BCUT2D eigenvalue weighted by Gasteiger charge is 2.39. The highest BCUT2D eigenvalue weighted by molar-refractivity contribution is 5.68. The van der Waals surface area contributed by atoms with Crippen molar-refractivity contribution in [2.45, 2.75) is 25.9 Å². The molecule has 0 bridgehead atoms. The standard InChI is InChI=1S/C15H16F3N3O2/c1-23-10-2-3-11(9(6-10)8-22)13-12-7-19-4-5-21(12)14(20-13)15(16,17)18/h2-3,6,19,22H,4-5,7-8H2,1H3. The maximum absolute atomic E-state index is 13.2. The SMILES string of the molecule is COc1ccc(-c2nc(C(F)(F)F)n3c2CNCC3)c(CO)c1. The summed E-state index contributed by atoms with van der Waals surface area (Å²) in [6.45, 7) is 0.659. The van der Waals surface area contributed by atoms with Crippen molar-refractivity contribution in [2.24, 2.45) is 0 Å². The fourth-order valence-electron chi connectivity index (χ4n) is 2.80. The first-order valence-electron chi connectivity index (χ1n) is 7.11. The number of halogens is 3. The van der Waals surface area contributed by atoms with E-state index < -0.39 is 12.0 Å². The number of hydrogen-bond donors (Lipinski definition) is 2. The minimum absolute atomic E-state index is 0.210. The van der Waals surface area contributed by atoms with Gasteiger partial charge in [0, 0.05) is 25.2 Å². The molecule has 0 amide bonds. The first-order valence-corrected chi connectivity index (χ1v) is 7.11. The first kappa shape index (κ1) is 15.8. The molecular formula is C15H16F3N3O2. The van der Waals surface area contributed by atoms with Crippen molar-refractivity contribution in [1.82, 2.24) is 14.9 Å². The number of alkyl halides is 3. The molecule has 1 aliphatic heterocycles. The Hall–Kier alpha value is -2.06. The van der Waals surface area contributed by atoms with Crippen LogP contribution in [0, 0.1) is 0 Å². The summed E-state index contributed by atoms with van der Waals surface area (Å²) in [4.78, 5) is 3.84. The number of aliphatic hydroxyl groups is 1. The van der Waals surface area contributed by atoms with Gasteiger partial charge in [-0.25, -0.2) is 4.98 Å². The van der Waals surface area contributed by atoms with Gasteiger partial charge >= 0.3 is 6.18 Å². The molecule has 2 N–H and O–H groups in total. The minimum Gasteiger partial charge on any atom is -0.497 e. The van der Waals surface area contributed by atoms with Gasteiger partial charge in [-0.15, -0.1) is 0 Å². The molecule has 0 saturated heterocycles. The predicted molar refractivity (Wildman–Crippen MR) is 76.8 cm³/mol. The number of fused-ring (bicyclic) bond motifs is 1. The topological polar surface area (TPSA) is 59.3 Å². The van der Waals surface area contributed by atoms with Crippen molar-refractivity contribution in [1.29, 1.82) is 0 Å². The third-order valence-electron chi connectivity index (χ3n) is 3.87. The van der Waals surface area contributed by atoms with E-state index in [0.717, 1.165) is 0 Å². The summed E-state index contributed by atoms with van der Waals surface area (Å²) >= 11 is 0. The van der Waals surface area contributed by atoms with Crippen LogP contribution in [0.3, 0.4) is 0 Å². The van der Waals surface area contributed by atoms with Gasteiger partial charge < -0.3 is 19.7 Å². The van der Waals surface area contributed by atoms with Gasteiger partial charge in [-0.05, 0) is 23.8 Å². The molecule has 2 aromatic rings. The molecule has 3 rings (SSSR count). The van der Waals surface area contributed by atoms with E-state index in [-0.39, 0.29) is 18.8 Å². The third kappa shape index (κ3) is 2.79. The number of imidazole rings is 1. The molecule has 1 aliphatic rings. The van der Waals surface area contributed by atoms with Gasteiger partial charge in [0.2, 0.25) is 5.82 Å². The van der Waals surface area contributed by atoms with E-state index in [1.54, 1.807) is 18.2 Å². The summed E-state index contributed by atoms with van der Waals surface area (Å²) in [5.74, 6) is -0.372. The Morgan fingerprint density at radius 1 is 1.39 bits per heavy atom. The molecule has 8 heteroatoms. The lowest BCUT2D eigenvalue weighted by Gasteiger charge is -2.19. The average molecular weight is 327 g/mol. The molecule has 0 radical (unpaired) electrons. The summed E-state index contributed by atoms with van der Waals surface area (Å²) in [7, 11) is 1.49. The van der Waals surface area contributed by atoms with E-state index in [0.29, 0.717) is 35.7 Å². The van der Waals surface area contributed by atoms with Crippen LogP contribution in [-0.2, 0) is 25.9 Å². The lowest BCUT2D eigenvalue weighted by Crippen LogP contribution is -2.30. The molecule has 23 heavy (non-hydrogen) atoms. The summed E-state index contributed by atoms with van der Waals surface area (Å²) in [6, 6.07) is 4.87. The van der Waals surface area contributed by atoms with Crippen LogP contribution in [0.5, 0.6) is 5.75 Å². The molecule has 124 valence electrons. The zero-order chi connectivity index (χ0) is 16.6. The molecule has 0 unspecified atom stereocenters. The smallest absolute Gasteiger partial charge is 0.449 e. The largest absolute Gasteiger partial charge is 0.497 e. The lowest BCUT2D eigenvalue weighted by molar-refractivity contribution is -0.147. The molecule has 0 aliphatic carbocycles. The molecule has 0 spiro atoms. The number of nitrogens with zero attached hydrogens (tertiary/aromatic N) is 2. The van der Waals surface area contributed by atoms with Crippen LogP contribution < -0.4 is 10.1 Å². The number of aromatic nitrogens is 2. The molecule has 2 heterocycles. The fourth-order valence-corrected chi connectivity index (χ4v) is 2.80. The van der Waals surface area contributed by atoms with Crippen LogP contribution in [0.2, 0.25) is 0 Å². The second-order valence-corrected chi connectivity index (χ2v) is 5.24. The van der Waals surface area contributed by atoms with E-state index in [1.807, 2.05) is 0 Å². The van der Waals surface area contributed by atoms with Crippen LogP contribution in [0.15, 0.2) is 18.2 Å². The monoisotopic (exact) mass is 327 g/mol. The maximum atomic E-state index is 13.2. The van der Waals surface area contributed by atoms with Crippen molar-refractivity contribution in [3.63, 3.8) is 0 Å². The number of nitrogens with one attached hydrogen (secondary N) is 1. The van der Waals surface area contributed by atoms with Crippen LogP contribution in [0.4, 0.5) is 13.2 Å². The summed E-state index contributed by atoms with van der Waals surface area (Å²) in [5.41, 5.74) is 1.68. The second kappa shape index (κ2) is 5.86. The minimum atomic E-state index is -4.52. The second-order valence-electron chi connectivity index (χ2n) is 5.24. The molecular weight excluding hydrogens is 311 g/mol. The summed E-state index contributed by atoms with van der Waals surface area (Å²) in [5, 5.41) is 12.6. The Balaban J connectivity index is 2.19. The number of methoxy groups -OCH3 is 1. The Labute approximate surface area is 130 Å². The number of benzene rings is 1. The third-order valence-corrected chi connectivity index (χ3v) is 3.87. The molecule has 1 aromatic carbocycles. The molecule has 0 fully saturated rings. The number of ether oxygens (including phenoxy) is 1. The molecule has 1 aromatic heterocycles. The highest BCUT2D eigenvalue weighted by Crippen LogP contribution is 2.36. The van der Waals surface area contributed by atoms with Crippen LogP contribution in [0.1, 0.15) is 17.1 Å². The van der Waals surface area contributed by atoms with E-state index >= 15 is 0 Å². The predicted octanol–water partition coefficient (Wildman–Crippen LogP) is 2.17. The number of rotatable bonds is 3. The van der Waals surface area contributed by atoms with Gasteiger partial charge in [-0.1, -0.05) is 0 Å². The Morgan fingerprint density at radius 2 is 2.17 bits per heavy atom. The normalized spacial score (nSPS) is 14.7. The zero-order valence-corrected chi connectivity index (χ0v) is 12.4. The van der Waals surface area contributed by atoms with Gasteiger partial charge in [-0.3, -0.25) is 0 Å². The first-order chi connectivity index (χ1) is 11.0. The van der Waals surface area contributed by atoms with Crippen LogP contribution in [0.25, 0.3) is 11.3 Å². The van der Waals surface area contributed by atoms with E-state index in [4.69, 9.17) is 4.74 Å². The molecule has 0 atom stereocenters. The van der Waals surface area contributed by atoms with Crippen LogP contribution in [-0.4, -0.2) is 28.3 Å². The Bertz CT molecular complexity index is 725. The number of hydrogen-bond acceptors (Lipinski definition) is 4. The van der Waals surface area contributed by atoms with Gasteiger partial charge in [0.15, 0.2) is 0 Å². The van der Waals surface area contributed by atoms with Gasteiger partial charge in [0.25, 0.3) is 0 Å². The molecule has 5 nitrogen and oxygen atoms in total. The van der Waals surface area contributed by atoms with Crippen LogP contribution >= 0.6 is 0 Å².